The molecule has 1 amide bonds. The molecule has 1 aliphatic heterocycles. The number of carbonyl (C=O) groups is 1. The summed E-state index contributed by atoms with van der Waals surface area (Å²) in [6.45, 7) is 11.9. The highest BCUT2D eigenvalue weighted by Gasteiger charge is 2.27. The summed E-state index contributed by atoms with van der Waals surface area (Å²) in [4.78, 5) is 14.0. The number of aromatic nitrogens is 1. The summed E-state index contributed by atoms with van der Waals surface area (Å²) >= 11 is 0. The third-order valence-corrected chi connectivity index (χ3v) is 4.06. The molecule has 1 aromatic heterocycles. The Labute approximate surface area is 138 Å². The Bertz CT molecular complexity index is 514. The third kappa shape index (κ3) is 5.23. The van der Waals surface area contributed by atoms with E-state index in [0.717, 1.165) is 43.8 Å². The van der Waals surface area contributed by atoms with Crippen molar-refractivity contribution in [3.05, 3.63) is 17.0 Å². The highest BCUT2D eigenvalue weighted by molar-refractivity contribution is 5.68. The van der Waals surface area contributed by atoms with Gasteiger partial charge in [0, 0.05) is 24.7 Å². The number of aryl methyl sites for hydroxylation is 2. The van der Waals surface area contributed by atoms with Crippen molar-refractivity contribution >= 4 is 6.09 Å². The van der Waals surface area contributed by atoms with Crippen LogP contribution in [0.2, 0.25) is 0 Å². The van der Waals surface area contributed by atoms with Crippen LogP contribution < -0.4 is 5.32 Å². The highest BCUT2D eigenvalue weighted by Crippen LogP contribution is 2.16. The predicted octanol–water partition coefficient (Wildman–Crippen LogP) is 2.82. The number of piperidine rings is 1. The molecule has 1 aromatic rings. The van der Waals surface area contributed by atoms with E-state index < -0.39 is 5.60 Å². The molecule has 0 bridgehead atoms. The molecule has 1 fully saturated rings. The summed E-state index contributed by atoms with van der Waals surface area (Å²) in [5.41, 5.74) is 1.70. The number of hydrogen-bond acceptors (Lipinski definition) is 5. The quantitative estimate of drug-likeness (QED) is 0.923. The monoisotopic (exact) mass is 323 g/mol. The average Bonchev–Trinajstić information content (AvgIpc) is 2.77. The van der Waals surface area contributed by atoms with Crippen LogP contribution in [0.1, 0.15) is 50.6 Å². The van der Waals surface area contributed by atoms with Crippen molar-refractivity contribution < 1.29 is 14.1 Å². The molecule has 6 nitrogen and oxygen atoms in total. The molecular weight excluding hydrogens is 294 g/mol. The average molecular weight is 323 g/mol. The van der Waals surface area contributed by atoms with Crippen molar-refractivity contribution in [3.63, 3.8) is 0 Å². The van der Waals surface area contributed by atoms with Gasteiger partial charge in [0.15, 0.2) is 0 Å². The van der Waals surface area contributed by atoms with Gasteiger partial charge in [0.25, 0.3) is 0 Å². The minimum absolute atomic E-state index is 0.213. The first kappa shape index (κ1) is 17.8. The fraction of sp³-hybridized carbons (Fsp3) is 0.765. The Balaban J connectivity index is 1.79. The summed E-state index contributed by atoms with van der Waals surface area (Å²) in [5.74, 6) is 0.892. The first-order valence-electron chi connectivity index (χ1n) is 8.39. The number of nitrogens with one attached hydrogen (secondary N) is 1. The second-order valence-electron chi connectivity index (χ2n) is 7.27. The smallest absolute Gasteiger partial charge is 0.410 e. The van der Waals surface area contributed by atoms with Gasteiger partial charge in [-0.3, -0.25) is 0 Å². The number of likely N-dealkylation sites (tertiary alicyclic amines) is 1. The SMILES string of the molecule is Cc1noc(C)c1CCN[C@@H]1CCCN(C(=O)OC(C)(C)C)C1. The van der Waals surface area contributed by atoms with Gasteiger partial charge in [-0.15, -0.1) is 0 Å². The molecule has 2 heterocycles. The molecule has 2 rings (SSSR count). The zero-order chi connectivity index (χ0) is 17.0. The second kappa shape index (κ2) is 7.34. The van der Waals surface area contributed by atoms with Crippen LogP contribution in [0.25, 0.3) is 0 Å². The molecule has 0 spiro atoms. The van der Waals surface area contributed by atoms with E-state index in [-0.39, 0.29) is 6.09 Å². The van der Waals surface area contributed by atoms with E-state index in [1.807, 2.05) is 39.5 Å². The summed E-state index contributed by atoms with van der Waals surface area (Å²) in [6, 6.07) is 0.316. The normalized spacial score (nSPS) is 19.0. The Morgan fingerprint density at radius 2 is 2.17 bits per heavy atom. The molecule has 1 saturated heterocycles. The summed E-state index contributed by atoms with van der Waals surface area (Å²) in [6.07, 6.45) is 2.77. The van der Waals surface area contributed by atoms with E-state index in [1.165, 1.54) is 5.56 Å². The van der Waals surface area contributed by atoms with Crippen molar-refractivity contribution in [2.24, 2.45) is 0 Å². The van der Waals surface area contributed by atoms with Crippen molar-refractivity contribution in [2.75, 3.05) is 19.6 Å². The minimum atomic E-state index is -0.444. The Morgan fingerprint density at radius 3 is 2.78 bits per heavy atom. The maximum atomic E-state index is 12.2. The number of carbonyl (C=O) groups excluding carboxylic acids is 1. The molecule has 0 aliphatic carbocycles. The van der Waals surface area contributed by atoms with Gasteiger partial charge in [0.05, 0.1) is 5.69 Å². The topological polar surface area (TPSA) is 67.6 Å². The van der Waals surface area contributed by atoms with E-state index in [9.17, 15) is 4.79 Å². The van der Waals surface area contributed by atoms with Gasteiger partial charge in [0.2, 0.25) is 0 Å². The van der Waals surface area contributed by atoms with E-state index >= 15 is 0 Å². The lowest BCUT2D eigenvalue weighted by atomic mass is 10.1. The van der Waals surface area contributed by atoms with Crippen LogP contribution in [0.4, 0.5) is 4.79 Å². The van der Waals surface area contributed by atoms with Gasteiger partial charge >= 0.3 is 6.09 Å². The first-order valence-corrected chi connectivity index (χ1v) is 8.39. The number of amides is 1. The van der Waals surface area contributed by atoms with E-state index in [0.29, 0.717) is 12.6 Å². The standard InChI is InChI=1S/C17H29N3O3/c1-12-15(13(2)23-19-12)8-9-18-14-7-6-10-20(11-14)16(21)22-17(3,4)5/h14,18H,6-11H2,1-5H3/t14-/m1/s1. The van der Waals surface area contributed by atoms with Gasteiger partial charge in [-0.2, -0.15) is 0 Å². The molecule has 130 valence electrons. The number of rotatable bonds is 4. The van der Waals surface area contributed by atoms with Crippen LogP contribution in [-0.4, -0.2) is 47.4 Å². The fourth-order valence-corrected chi connectivity index (χ4v) is 2.90. The second-order valence-corrected chi connectivity index (χ2v) is 7.27. The highest BCUT2D eigenvalue weighted by atomic mass is 16.6. The molecular formula is C17H29N3O3. The Kier molecular flexibility index (Phi) is 5.68. The first-order chi connectivity index (χ1) is 10.8. The van der Waals surface area contributed by atoms with Crippen LogP contribution in [0, 0.1) is 13.8 Å². The van der Waals surface area contributed by atoms with Crippen LogP contribution >= 0.6 is 0 Å². The van der Waals surface area contributed by atoms with Crippen LogP contribution in [0.3, 0.4) is 0 Å². The zero-order valence-electron chi connectivity index (χ0n) is 14.9. The van der Waals surface area contributed by atoms with Crippen molar-refractivity contribution in [1.29, 1.82) is 0 Å². The lowest BCUT2D eigenvalue weighted by Gasteiger charge is -2.34. The number of ether oxygens (including phenoxy) is 1. The maximum Gasteiger partial charge on any atom is 0.410 e. The Hall–Kier alpha value is -1.56. The van der Waals surface area contributed by atoms with Crippen molar-refractivity contribution in [1.82, 2.24) is 15.4 Å². The summed E-state index contributed by atoms with van der Waals surface area (Å²) in [5, 5.41) is 7.52. The molecule has 1 atom stereocenters. The van der Waals surface area contributed by atoms with E-state index in [4.69, 9.17) is 9.26 Å². The third-order valence-electron chi connectivity index (χ3n) is 4.06. The molecule has 1 aliphatic rings. The van der Waals surface area contributed by atoms with Crippen molar-refractivity contribution in [3.8, 4) is 0 Å². The van der Waals surface area contributed by atoms with E-state index in [1.54, 1.807) is 0 Å². The molecule has 0 unspecified atom stereocenters. The van der Waals surface area contributed by atoms with Crippen LogP contribution in [0.5, 0.6) is 0 Å². The zero-order valence-corrected chi connectivity index (χ0v) is 14.9. The minimum Gasteiger partial charge on any atom is -0.444 e. The molecule has 0 aromatic carbocycles. The molecule has 23 heavy (non-hydrogen) atoms. The summed E-state index contributed by atoms with van der Waals surface area (Å²) in [7, 11) is 0. The lowest BCUT2D eigenvalue weighted by molar-refractivity contribution is 0.0188. The molecule has 0 saturated carbocycles. The molecule has 0 radical (unpaired) electrons. The largest absolute Gasteiger partial charge is 0.444 e. The van der Waals surface area contributed by atoms with Gasteiger partial charge in [-0.1, -0.05) is 5.16 Å². The molecule has 1 N–H and O–H groups in total. The van der Waals surface area contributed by atoms with E-state index in [2.05, 4.69) is 10.5 Å². The number of hydrogen-bond donors (Lipinski definition) is 1. The number of nitrogens with zero attached hydrogens (tertiary/aromatic N) is 2. The van der Waals surface area contributed by atoms with Gasteiger partial charge in [0.1, 0.15) is 11.4 Å². The summed E-state index contributed by atoms with van der Waals surface area (Å²) < 4.78 is 10.6. The van der Waals surface area contributed by atoms with Crippen LogP contribution in [-0.2, 0) is 11.2 Å². The molecule has 6 heteroatoms. The van der Waals surface area contributed by atoms with Crippen molar-refractivity contribution in [2.45, 2.75) is 65.5 Å². The maximum absolute atomic E-state index is 12.2. The van der Waals surface area contributed by atoms with Gasteiger partial charge < -0.3 is 19.5 Å². The van der Waals surface area contributed by atoms with Gasteiger partial charge in [-0.05, 0) is 60.4 Å². The van der Waals surface area contributed by atoms with Gasteiger partial charge in [-0.25, -0.2) is 4.79 Å². The Morgan fingerprint density at radius 1 is 1.43 bits per heavy atom. The fourth-order valence-electron chi connectivity index (χ4n) is 2.90. The van der Waals surface area contributed by atoms with Crippen LogP contribution in [0.15, 0.2) is 4.52 Å². The predicted molar refractivity (Wildman–Crippen MR) is 88.5 cm³/mol. The lowest BCUT2D eigenvalue weighted by Crippen LogP contribution is -2.49.